The molecule has 1 aliphatic heterocycles. The standard InChI is InChI=1S/C12H16N2O4S3/c13-12(19)9-1-3-11(4-2-9)21(17,18)14-10-5-7-20(15,16)8-6-10/h1-4,10,14H,5-8H2,(H2,13,19). The van der Waals surface area contributed by atoms with Gasteiger partial charge in [0.25, 0.3) is 0 Å². The van der Waals surface area contributed by atoms with Crippen molar-refractivity contribution in [2.45, 2.75) is 23.8 Å². The monoisotopic (exact) mass is 348 g/mol. The third-order valence-corrected chi connectivity index (χ3v) is 6.81. The molecule has 0 atom stereocenters. The highest BCUT2D eigenvalue weighted by molar-refractivity contribution is 7.91. The number of thiocarbonyl (C=S) groups is 1. The third kappa shape index (κ3) is 4.22. The molecule has 1 saturated heterocycles. The summed E-state index contributed by atoms with van der Waals surface area (Å²) < 4.78 is 49.6. The van der Waals surface area contributed by atoms with Gasteiger partial charge in [-0.25, -0.2) is 21.6 Å². The van der Waals surface area contributed by atoms with Crippen LogP contribution >= 0.6 is 12.2 Å². The van der Waals surface area contributed by atoms with Crippen LogP contribution in [0.4, 0.5) is 0 Å². The van der Waals surface area contributed by atoms with Crippen LogP contribution in [-0.4, -0.2) is 39.4 Å². The molecule has 0 saturated carbocycles. The smallest absolute Gasteiger partial charge is 0.240 e. The maximum Gasteiger partial charge on any atom is 0.240 e. The quantitative estimate of drug-likeness (QED) is 0.752. The minimum atomic E-state index is -3.67. The molecular weight excluding hydrogens is 332 g/mol. The molecule has 0 unspecified atom stereocenters. The Hall–Kier alpha value is -1.03. The predicted molar refractivity (Wildman–Crippen MR) is 84.3 cm³/mol. The van der Waals surface area contributed by atoms with E-state index in [0.29, 0.717) is 18.4 Å². The number of hydrogen-bond acceptors (Lipinski definition) is 5. The first-order chi connectivity index (χ1) is 9.70. The molecule has 0 amide bonds. The van der Waals surface area contributed by atoms with E-state index < -0.39 is 19.9 Å². The van der Waals surface area contributed by atoms with Crippen LogP contribution in [-0.2, 0) is 19.9 Å². The minimum absolute atomic E-state index is 0.0145. The fourth-order valence-corrected chi connectivity index (χ4v) is 5.03. The molecule has 9 heteroatoms. The first-order valence-electron chi connectivity index (χ1n) is 6.32. The Morgan fingerprint density at radius 1 is 1.19 bits per heavy atom. The van der Waals surface area contributed by atoms with Gasteiger partial charge in [-0.15, -0.1) is 0 Å². The van der Waals surface area contributed by atoms with Crippen LogP contribution in [0.5, 0.6) is 0 Å². The molecule has 0 spiro atoms. The van der Waals surface area contributed by atoms with E-state index in [9.17, 15) is 16.8 Å². The minimum Gasteiger partial charge on any atom is -0.389 e. The summed E-state index contributed by atoms with van der Waals surface area (Å²) in [5.74, 6) is 0.0289. The van der Waals surface area contributed by atoms with Gasteiger partial charge in [-0.1, -0.05) is 24.4 Å². The van der Waals surface area contributed by atoms with Crippen molar-refractivity contribution >= 4 is 37.1 Å². The van der Waals surface area contributed by atoms with Crippen LogP contribution in [0.3, 0.4) is 0 Å². The Labute approximate surface area is 129 Å². The largest absolute Gasteiger partial charge is 0.389 e. The number of nitrogens with two attached hydrogens (primary N) is 1. The van der Waals surface area contributed by atoms with Crippen LogP contribution in [0.1, 0.15) is 18.4 Å². The van der Waals surface area contributed by atoms with Gasteiger partial charge in [0.15, 0.2) is 0 Å². The van der Waals surface area contributed by atoms with Crippen molar-refractivity contribution in [3.63, 3.8) is 0 Å². The van der Waals surface area contributed by atoms with Crippen molar-refractivity contribution in [3.05, 3.63) is 29.8 Å². The lowest BCUT2D eigenvalue weighted by Crippen LogP contribution is -2.40. The van der Waals surface area contributed by atoms with Crippen molar-refractivity contribution < 1.29 is 16.8 Å². The highest BCUT2D eigenvalue weighted by atomic mass is 32.2. The zero-order valence-corrected chi connectivity index (χ0v) is 13.6. The van der Waals surface area contributed by atoms with E-state index in [1.807, 2.05) is 0 Å². The number of benzene rings is 1. The summed E-state index contributed by atoms with van der Waals surface area (Å²) in [5.41, 5.74) is 6.05. The number of nitrogens with one attached hydrogen (secondary N) is 1. The molecule has 1 aromatic carbocycles. The van der Waals surface area contributed by atoms with E-state index in [-0.39, 0.29) is 27.4 Å². The molecule has 1 aromatic rings. The summed E-state index contributed by atoms with van der Waals surface area (Å²) in [5, 5.41) is 0. The average molecular weight is 348 g/mol. The van der Waals surface area contributed by atoms with Crippen molar-refractivity contribution in [1.82, 2.24) is 4.72 Å². The van der Waals surface area contributed by atoms with E-state index in [1.165, 1.54) is 12.1 Å². The number of sulfone groups is 1. The Bertz CT molecular complexity index is 725. The second-order valence-corrected chi connectivity index (χ2v) is 9.39. The lowest BCUT2D eigenvalue weighted by Gasteiger charge is -2.22. The van der Waals surface area contributed by atoms with E-state index in [2.05, 4.69) is 4.72 Å². The van der Waals surface area contributed by atoms with E-state index in [0.717, 1.165) is 0 Å². The Kier molecular flexibility index (Phi) is 4.66. The van der Waals surface area contributed by atoms with Crippen LogP contribution in [0.2, 0.25) is 0 Å². The number of rotatable bonds is 4. The summed E-state index contributed by atoms with van der Waals surface area (Å²) in [7, 11) is -6.68. The molecule has 6 nitrogen and oxygen atoms in total. The van der Waals surface area contributed by atoms with Crippen LogP contribution in [0.25, 0.3) is 0 Å². The van der Waals surface area contributed by atoms with Crippen LogP contribution < -0.4 is 10.5 Å². The topological polar surface area (TPSA) is 106 Å². The molecule has 0 aliphatic carbocycles. The second kappa shape index (κ2) is 5.99. The predicted octanol–water partition coefficient (Wildman–Crippen LogP) is 0.176. The number of hydrogen-bond donors (Lipinski definition) is 2. The third-order valence-electron chi connectivity index (χ3n) is 3.33. The molecule has 3 N–H and O–H groups in total. The summed E-state index contributed by atoms with van der Waals surface area (Å²) in [6, 6.07) is 5.59. The fraction of sp³-hybridized carbons (Fsp3) is 0.417. The molecule has 116 valence electrons. The molecular formula is C12H16N2O4S3. The van der Waals surface area contributed by atoms with Crippen LogP contribution in [0.15, 0.2) is 29.2 Å². The maximum absolute atomic E-state index is 12.2. The first-order valence-corrected chi connectivity index (χ1v) is 10.0. The van der Waals surface area contributed by atoms with Gasteiger partial charge in [-0.05, 0) is 25.0 Å². The SMILES string of the molecule is NC(=S)c1ccc(S(=O)(=O)NC2CCS(=O)(=O)CC2)cc1. The normalized spacial score (nSPS) is 19.2. The molecule has 1 heterocycles. The van der Waals surface area contributed by atoms with Crippen molar-refractivity contribution in [2.75, 3.05) is 11.5 Å². The van der Waals surface area contributed by atoms with Gasteiger partial charge < -0.3 is 5.73 Å². The molecule has 0 aromatic heterocycles. The Balaban J connectivity index is 2.10. The summed E-state index contributed by atoms with van der Waals surface area (Å²) in [4.78, 5) is 0.306. The van der Waals surface area contributed by atoms with E-state index >= 15 is 0 Å². The zero-order chi connectivity index (χ0) is 15.7. The van der Waals surface area contributed by atoms with Crippen molar-refractivity contribution in [2.24, 2.45) is 5.73 Å². The van der Waals surface area contributed by atoms with Gasteiger partial charge in [0, 0.05) is 11.6 Å². The lowest BCUT2D eigenvalue weighted by atomic mass is 10.2. The van der Waals surface area contributed by atoms with Gasteiger partial charge in [-0.2, -0.15) is 0 Å². The molecule has 1 aliphatic rings. The van der Waals surface area contributed by atoms with E-state index in [1.54, 1.807) is 12.1 Å². The zero-order valence-electron chi connectivity index (χ0n) is 11.2. The Morgan fingerprint density at radius 3 is 2.19 bits per heavy atom. The molecule has 1 fully saturated rings. The van der Waals surface area contributed by atoms with Crippen molar-refractivity contribution in [3.8, 4) is 0 Å². The highest BCUT2D eigenvalue weighted by Crippen LogP contribution is 2.16. The van der Waals surface area contributed by atoms with Crippen molar-refractivity contribution in [1.29, 1.82) is 0 Å². The summed E-state index contributed by atoms with van der Waals surface area (Å²) >= 11 is 4.81. The second-order valence-electron chi connectivity index (χ2n) is 4.94. The van der Waals surface area contributed by atoms with Gasteiger partial charge in [-0.3, -0.25) is 0 Å². The average Bonchev–Trinajstić information content (AvgIpc) is 2.41. The fourth-order valence-electron chi connectivity index (χ4n) is 2.09. The van der Waals surface area contributed by atoms with Crippen LogP contribution in [0, 0.1) is 0 Å². The molecule has 0 bridgehead atoms. The van der Waals surface area contributed by atoms with E-state index in [4.69, 9.17) is 18.0 Å². The van der Waals surface area contributed by atoms with Gasteiger partial charge in [0.05, 0.1) is 16.4 Å². The maximum atomic E-state index is 12.2. The summed E-state index contributed by atoms with van der Waals surface area (Å²) in [6.45, 7) is 0. The first kappa shape index (κ1) is 16.3. The molecule has 0 radical (unpaired) electrons. The van der Waals surface area contributed by atoms with Gasteiger partial charge in [0.1, 0.15) is 14.8 Å². The number of sulfonamides is 1. The molecule has 2 rings (SSSR count). The highest BCUT2D eigenvalue weighted by Gasteiger charge is 2.27. The lowest BCUT2D eigenvalue weighted by molar-refractivity contribution is 0.505. The Morgan fingerprint density at radius 2 is 1.71 bits per heavy atom. The summed E-state index contributed by atoms with van der Waals surface area (Å²) in [6.07, 6.45) is 0.596. The molecule has 21 heavy (non-hydrogen) atoms. The van der Waals surface area contributed by atoms with Gasteiger partial charge >= 0.3 is 0 Å². The van der Waals surface area contributed by atoms with Gasteiger partial charge in [0.2, 0.25) is 10.0 Å².